The molecule has 2 N–H and O–H groups in total. The van der Waals surface area contributed by atoms with Gasteiger partial charge in [-0.25, -0.2) is 0 Å². The van der Waals surface area contributed by atoms with Crippen LogP contribution in [0.3, 0.4) is 0 Å². The second kappa shape index (κ2) is 5.97. The third-order valence-corrected chi connectivity index (χ3v) is 5.96. The van der Waals surface area contributed by atoms with Crippen molar-refractivity contribution in [3.63, 3.8) is 0 Å². The molecule has 2 aromatic heterocycles. The molecule has 0 radical (unpaired) electrons. The molecule has 2 aliphatic rings. The lowest BCUT2D eigenvalue weighted by molar-refractivity contribution is -0.117. The number of pyridine rings is 1. The quantitative estimate of drug-likeness (QED) is 0.827. The summed E-state index contributed by atoms with van der Waals surface area (Å²) in [6, 6.07) is 3.87. The number of rotatable bonds is 6. The molecule has 2 heterocycles. The van der Waals surface area contributed by atoms with Crippen molar-refractivity contribution in [3.05, 3.63) is 29.7 Å². The van der Waals surface area contributed by atoms with Crippen molar-refractivity contribution in [1.29, 1.82) is 0 Å². The Bertz CT molecular complexity index is 765. The van der Waals surface area contributed by atoms with Gasteiger partial charge < -0.3 is 5.32 Å². The Balaban J connectivity index is 1.42. The Kier molecular flexibility index (Phi) is 3.89. The van der Waals surface area contributed by atoms with Crippen molar-refractivity contribution in [1.82, 2.24) is 15.2 Å². The zero-order chi connectivity index (χ0) is 17.6. The molecule has 2 aliphatic carbocycles. The minimum absolute atomic E-state index is 0.121. The van der Waals surface area contributed by atoms with Crippen LogP contribution in [0.15, 0.2) is 18.3 Å². The van der Waals surface area contributed by atoms with Gasteiger partial charge in [-0.3, -0.25) is 14.9 Å². The van der Waals surface area contributed by atoms with Crippen molar-refractivity contribution in [2.75, 3.05) is 5.32 Å². The van der Waals surface area contributed by atoms with E-state index in [1.807, 2.05) is 26.0 Å². The lowest BCUT2D eigenvalue weighted by Gasteiger charge is -2.22. The first-order valence-electron chi connectivity index (χ1n) is 9.24. The number of aromatic nitrogens is 3. The first kappa shape index (κ1) is 16.3. The van der Waals surface area contributed by atoms with E-state index in [-0.39, 0.29) is 5.91 Å². The maximum Gasteiger partial charge on any atom is 0.224 e. The highest BCUT2D eigenvalue weighted by Gasteiger charge is 2.51. The fraction of sp³-hybridized carbons (Fsp3) is 0.550. The molecule has 0 bridgehead atoms. The maximum atomic E-state index is 12.5. The van der Waals surface area contributed by atoms with Crippen LogP contribution in [0.25, 0.3) is 11.3 Å². The number of nitrogens with one attached hydrogen (secondary N) is 2. The Morgan fingerprint density at radius 2 is 2.12 bits per heavy atom. The second-order valence-corrected chi connectivity index (χ2v) is 8.09. The molecule has 0 spiro atoms. The number of carbonyl (C=O) groups is 1. The van der Waals surface area contributed by atoms with E-state index in [1.165, 1.54) is 25.7 Å². The molecule has 2 saturated carbocycles. The van der Waals surface area contributed by atoms with Crippen LogP contribution in [0.2, 0.25) is 0 Å². The van der Waals surface area contributed by atoms with Crippen molar-refractivity contribution in [2.24, 2.45) is 17.3 Å². The summed E-state index contributed by atoms with van der Waals surface area (Å²) in [5, 5.41) is 10.2. The Morgan fingerprint density at radius 1 is 1.36 bits per heavy atom. The lowest BCUT2D eigenvalue weighted by Crippen LogP contribution is -2.23. The summed E-state index contributed by atoms with van der Waals surface area (Å²) in [4.78, 5) is 17.0. The van der Waals surface area contributed by atoms with Gasteiger partial charge >= 0.3 is 0 Å². The molecule has 0 saturated heterocycles. The third-order valence-electron chi connectivity index (χ3n) is 5.96. The van der Waals surface area contributed by atoms with Gasteiger partial charge in [-0.1, -0.05) is 6.92 Å². The summed E-state index contributed by atoms with van der Waals surface area (Å²) in [7, 11) is 0. The van der Waals surface area contributed by atoms with E-state index < -0.39 is 0 Å². The minimum Gasteiger partial charge on any atom is -0.325 e. The largest absolute Gasteiger partial charge is 0.325 e. The molecule has 0 aliphatic heterocycles. The van der Waals surface area contributed by atoms with Gasteiger partial charge in [-0.2, -0.15) is 5.10 Å². The average molecular weight is 338 g/mol. The predicted octanol–water partition coefficient (Wildman–Crippen LogP) is 4.24. The summed E-state index contributed by atoms with van der Waals surface area (Å²) < 4.78 is 0. The van der Waals surface area contributed by atoms with Gasteiger partial charge in [0.1, 0.15) is 0 Å². The van der Waals surface area contributed by atoms with Crippen LogP contribution in [0.5, 0.6) is 0 Å². The molecule has 132 valence electrons. The van der Waals surface area contributed by atoms with Gasteiger partial charge in [-0.05, 0) is 68.9 Å². The topological polar surface area (TPSA) is 70.7 Å². The number of nitrogens with zero attached hydrogens (tertiary/aromatic N) is 2. The van der Waals surface area contributed by atoms with E-state index in [4.69, 9.17) is 0 Å². The highest BCUT2D eigenvalue weighted by molar-refractivity contribution is 5.91. The van der Waals surface area contributed by atoms with Crippen LogP contribution in [-0.4, -0.2) is 21.1 Å². The molecule has 1 unspecified atom stereocenters. The Hall–Kier alpha value is -2.17. The SMILES string of the molecule is Cc1n[nH]c(C)c1-c1ccc(NC(=O)CC(C2CC2)C2(C)CC2)cn1. The molecule has 4 rings (SSSR count). The van der Waals surface area contributed by atoms with Crippen LogP contribution < -0.4 is 5.32 Å². The van der Waals surface area contributed by atoms with Crippen LogP contribution in [0.4, 0.5) is 5.69 Å². The third kappa shape index (κ3) is 3.32. The smallest absolute Gasteiger partial charge is 0.224 e. The minimum atomic E-state index is 0.121. The van der Waals surface area contributed by atoms with Gasteiger partial charge in [0.25, 0.3) is 0 Å². The van der Waals surface area contributed by atoms with E-state index in [2.05, 4.69) is 27.4 Å². The van der Waals surface area contributed by atoms with Gasteiger partial charge in [0.15, 0.2) is 0 Å². The maximum absolute atomic E-state index is 12.5. The van der Waals surface area contributed by atoms with E-state index in [0.717, 1.165) is 34.3 Å². The van der Waals surface area contributed by atoms with Crippen LogP contribution in [0, 0.1) is 31.1 Å². The molecule has 0 aromatic carbocycles. The fourth-order valence-corrected chi connectivity index (χ4v) is 4.00. The van der Waals surface area contributed by atoms with E-state index >= 15 is 0 Å². The van der Waals surface area contributed by atoms with Gasteiger partial charge in [0.2, 0.25) is 5.91 Å². The molecule has 1 amide bonds. The summed E-state index contributed by atoms with van der Waals surface area (Å²) in [5.41, 5.74) is 5.04. The summed E-state index contributed by atoms with van der Waals surface area (Å²) in [5.74, 6) is 1.44. The Labute approximate surface area is 148 Å². The van der Waals surface area contributed by atoms with E-state index in [9.17, 15) is 4.79 Å². The normalized spacial score (nSPS) is 19.5. The Morgan fingerprint density at radius 3 is 2.64 bits per heavy atom. The first-order chi connectivity index (χ1) is 12.0. The van der Waals surface area contributed by atoms with Crippen LogP contribution >= 0.6 is 0 Å². The monoisotopic (exact) mass is 338 g/mol. The number of anilines is 1. The fourth-order valence-electron chi connectivity index (χ4n) is 4.00. The molecule has 5 nitrogen and oxygen atoms in total. The van der Waals surface area contributed by atoms with E-state index in [0.29, 0.717) is 17.8 Å². The number of aromatic amines is 1. The number of H-pyrrole nitrogens is 1. The lowest BCUT2D eigenvalue weighted by atomic mass is 9.83. The number of amides is 1. The first-order valence-corrected chi connectivity index (χ1v) is 9.24. The number of hydrogen-bond acceptors (Lipinski definition) is 3. The van der Waals surface area contributed by atoms with Gasteiger partial charge in [-0.15, -0.1) is 0 Å². The van der Waals surface area contributed by atoms with Crippen molar-refractivity contribution < 1.29 is 4.79 Å². The van der Waals surface area contributed by atoms with Crippen molar-refractivity contribution in [2.45, 2.75) is 52.9 Å². The summed E-state index contributed by atoms with van der Waals surface area (Å²) in [6.07, 6.45) is 7.54. The highest BCUT2D eigenvalue weighted by atomic mass is 16.1. The summed E-state index contributed by atoms with van der Waals surface area (Å²) in [6.45, 7) is 6.30. The van der Waals surface area contributed by atoms with E-state index in [1.54, 1.807) is 6.20 Å². The molecular formula is C20H26N4O. The number of aryl methyl sites for hydroxylation is 2. The zero-order valence-electron chi connectivity index (χ0n) is 15.2. The second-order valence-electron chi connectivity index (χ2n) is 8.09. The molecule has 5 heteroatoms. The zero-order valence-corrected chi connectivity index (χ0v) is 15.2. The van der Waals surface area contributed by atoms with Crippen molar-refractivity contribution >= 4 is 11.6 Å². The highest BCUT2D eigenvalue weighted by Crippen LogP contribution is 2.59. The molecule has 2 aromatic rings. The number of hydrogen-bond donors (Lipinski definition) is 2. The molecule has 2 fully saturated rings. The predicted molar refractivity (Wildman–Crippen MR) is 98.1 cm³/mol. The van der Waals surface area contributed by atoms with Gasteiger partial charge in [0, 0.05) is 17.7 Å². The number of carbonyl (C=O) groups excluding carboxylic acids is 1. The van der Waals surface area contributed by atoms with Crippen molar-refractivity contribution in [3.8, 4) is 11.3 Å². The van der Waals surface area contributed by atoms with Gasteiger partial charge in [0.05, 0.1) is 23.3 Å². The standard InChI is InChI=1S/C20H26N4O/c1-12-19(13(2)24-23-12)17-7-6-15(11-21-17)22-18(25)10-16(14-4-5-14)20(3)8-9-20/h6-7,11,14,16H,4-5,8-10H2,1-3H3,(H,22,25)(H,23,24). The summed E-state index contributed by atoms with van der Waals surface area (Å²) >= 11 is 0. The van der Waals surface area contributed by atoms with Crippen LogP contribution in [0.1, 0.15) is 50.4 Å². The molecular weight excluding hydrogens is 312 g/mol. The molecule has 25 heavy (non-hydrogen) atoms. The molecule has 1 atom stereocenters. The average Bonchev–Trinajstić information content (AvgIpc) is 3.50. The van der Waals surface area contributed by atoms with Crippen LogP contribution in [-0.2, 0) is 4.79 Å².